The smallest absolute Gasteiger partial charge is 0.156 e. The summed E-state index contributed by atoms with van der Waals surface area (Å²) in [5, 5.41) is 3.69. The number of aromatic nitrogens is 1. The van der Waals surface area contributed by atoms with Crippen molar-refractivity contribution in [3.05, 3.63) is 15.6 Å². The van der Waals surface area contributed by atoms with Crippen molar-refractivity contribution >= 4 is 21.2 Å². The number of nitrogens with zero attached hydrogens (tertiary/aromatic N) is 1. The molecule has 0 amide bonds. The average Bonchev–Trinajstić information content (AvgIpc) is 3.01. The van der Waals surface area contributed by atoms with Crippen LogP contribution < -0.4 is 5.32 Å². The van der Waals surface area contributed by atoms with Crippen LogP contribution in [-0.2, 0) is 21.8 Å². The molecule has 1 heterocycles. The first-order valence-corrected chi connectivity index (χ1v) is 9.78. The molecule has 1 N–H and O–H groups in total. The van der Waals surface area contributed by atoms with E-state index < -0.39 is 15.1 Å². The largest absolute Gasteiger partial charge is 0.309 e. The van der Waals surface area contributed by atoms with E-state index >= 15 is 0 Å². The van der Waals surface area contributed by atoms with Gasteiger partial charge in [-0.1, -0.05) is 20.8 Å². The summed E-state index contributed by atoms with van der Waals surface area (Å²) in [5.41, 5.74) is 0.966. The average molecular weight is 316 g/mol. The zero-order chi connectivity index (χ0) is 15.1. The van der Waals surface area contributed by atoms with Crippen molar-refractivity contribution < 1.29 is 8.42 Å². The van der Waals surface area contributed by atoms with Crippen LogP contribution in [0.25, 0.3) is 0 Å². The normalized spacial score (nSPS) is 18.2. The monoisotopic (exact) mass is 316 g/mol. The molecule has 1 aromatic rings. The third kappa shape index (κ3) is 3.80. The van der Waals surface area contributed by atoms with Gasteiger partial charge in [-0.05, 0) is 19.8 Å². The lowest BCUT2D eigenvalue weighted by Crippen LogP contribution is -2.20. The maximum absolute atomic E-state index is 11.7. The third-order valence-corrected chi connectivity index (χ3v) is 6.44. The van der Waals surface area contributed by atoms with Gasteiger partial charge in [0, 0.05) is 29.1 Å². The first-order chi connectivity index (χ1) is 9.09. The van der Waals surface area contributed by atoms with Crippen LogP contribution in [0.1, 0.15) is 61.4 Å². The SMILES string of the molecule is CC(c1nc(C(C)(C)C)c(CNC2CC2)s1)S(C)(=O)=O. The lowest BCUT2D eigenvalue weighted by atomic mass is 9.91. The molecule has 0 bridgehead atoms. The Morgan fingerprint density at radius 1 is 1.40 bits per heavy atom. The van der Waals surface area contributed by atoms with Gasteiger partial charge in [0.05, 0.1) is 5.69 Å². The Bertz CT molecular complexity index is 581. The lowest BCUT2D eigenvalue weighted by Gasteiger charge is -2.18. The van der Waals surface area contributed by atoms with Crippen LogP contribution in [-0.4, -0.2) is 25.7 Å². The Hall–Kier alpha value is -0.460. The number of thiazole rings is 1. The van der Waals surface area contributed by atoms with Crippen molar-refractivity contribution in [3.63, 3.8) is 0 Å². The molecule has 4 nitrogen and oxygen atoms in total. The van der Waals surface area contributed by atoms with E-state index in [1.54, 1.807) is 6.92 Å². The zero-order valence-corrected chi connectivity index (χ0v) is 14.5. The first kappa shape index (κ1) is 15.9. The van der Waals surface area contributed by atoms with E-state index in [2.05, 4.69) is 31.1 Å². The summed E-state index contributed by atoms with van der Waals surface area (Å²) < 4.78 is 23.5. The summed E-state index contributed by atoms with van der Waals surface area (Å²) in [6.45, 7) is 8.89. The van der Waals surface area contributed by atoms with Crippen molar-refractivity contribution in [1.82, 2.24) is 10.3 Å². The van der Waals surface area contributed by atoms with Crippen LogP contribution >= 0.6 is 11.3 Å². The van der Waals surface area contributed by atoms with E-state index in [1.807, 2.05) is 0 Å². The van der Waals surface area contributed by atoms with Gasteiger partial charge in [0.25, 0.3) is 0 Å². The highest BCUT2D eigenvalue weighted by atomic mass is 32.2. The summed E-state index contributed by atoms with van der Waals surface area (Å²) in [6, 6.07) is 0.640. The minimum Gasteiger partial charge on any atom is -0.309 e. The Morgan fingerprint density at radius 2 is 2.00 bits per heavy atom. The number of hydrogen-bond acceptors (Lipinski definition) is 5. The van der Waals surface area contributed by atoms with E-state index in [-0.39, 0.29) is 5.41 Å². The number of rotatable bonds is 5. The molecule has 1 saturated carbocycles. The Labute approximate surface area is 125 Å². The maximum Gasteiger partial charge on any atom is 0.156 e. The molecule has 0 aromatic carbocycles. The third-order valence-electron chi connectivity index (χ3n) is 3.54. The second kappa shape index (κ2) is 5.39. The van der Waals surface area contributed by atoms with Gasteiger partial charge in [-0.15, -0.1) is 11.3 Å². The van der Waals surface area contributed by atoms with Gasteiger partial charge >= 0.3 is 0 Å². The highest BCUT2D eigenvalue weighted by molar-refractivity contribution is 7.91. The molecule has 0 aliphatic heterocycles. The van der Waals surface area contributed by atoms with Crippen molar-refractivity contribution in [2.75, 3.05) is 6.26 Å². The minimum absolute atomic E-state index is 0.0630. The number of sulfone groups is 1. The first-order valence-electron chi connectivity index (χ1n) is 7.01. The second-order valence-corrected chi connectivity index (χ2v) is 10.2. The fourth-order valence-corrected chi connectivity index (χ4v) is 4.20. The van der Waals surface area contributed by atoms with Gasteiger partial charge in [0.2, 0.25) is 0 Å². The fraction of sp³-hybridized carbons (Fsp3) is 0.786. The summed E-state index contributed by atoms with van der Waals surface area (Å²) in [4.78, 5) is 5.82. The lowest BCUT2D eigenvalue weighted by molar-refractivity contribution is 0.555. The molecule has 6 heteroatoms. The van der Waals surface area contributed by atoms with Crippen LogP contribution in [0.4, 0.5) is 0 Å². The van der Waals surface area contributed by atoms with Crippen LogP contribution in [0, 0.1) is 0 Å². The predicted molar refractivity (Wildman–Crippen MR) is 83.9 cm³/mol. The summed E-state index contributed by atoms with van der Waals surface area (Å²) in [5.74, 6) is 0. The minimum atomic E-state index is -3.10. The summed E-state index contributed by atoms with van der Waals surface area (Å²) in [7, 11) is -3.10. The molecule has 2 rings (SSSR count). The van der Waals surface area contributed by atoms with Crippen molar-refractivity contribution in [2.45, 2.75) is 63.8 Å². The Morgan fingerprint density at radius 3 is 2.45 bits per heavy atom. The molecular weight excluding hydrogens is 292 g/mol. The van der Waals surface area contributed by atoms with E-state index in [9.17, 15) is 8.42 Å². The summed E-state index contributed by atoms with van der Waals surface area (Å²) >= 11 is 1.54. The Kier molecular flexibility index (Phi) is 4.29. The van der Waals surface area contributed by atoms with Gasteiger partial charge in [-0.25, -0.2) is 13.4 Å². The van der Waals surface area contributed by atoms with Crippen molar-refractivity contribution in [3.8, 4) is 0 Å². The fourth-order valence-electron chi connectivity index (χ4n) is 1.96. The van der Waals surface area contributed by atoms with Crippen molar-refractivity contribution in [1.29, 1.82) is 0 Å². The number of nitrogens with one attached hydrogen (secondary N) is 1. The molecule has 0 spiro atoms. The van der Waals surface area contributed by atoms with E-state index in [1.165, 1.54) is 35.3 Å². The van der Waals surface area contributed by atoms with Gasteiger partial charge in [-0.2, -0.15) is 0 Å². The standard InChI is InChI=1S/C14H24N2O2S2/c1-9(20(5,17)18)13-16-12(14(2,3)4)11(19-13)8-15-10-6-7-10/h9-10,15H,6-8H2,1-5H3. The molecule has 1 aromatic heterocycles. The summed E-state index contributed by atoms with van der Waals surface area (Å²) in [6.07, 6.45) is 3.77. The molecule has 1 fully saturated rings. The van der Waals surface area contributed by atoms with Crippen LogP contribution in [0.5, 0.6) is 0 Å². The highest BCUT2D eigenvalue weighted by Gasteiger charge is 2.29. The van der Waals surface area contributed by atoms with Crippen molar-refractivity contribution in [2.24, 2.45) is 0 Å². The maximum atomic E-state index is 11.7. The van der Waals surface area contributed by atoms with E-state index in [0.717, 1.165) is 12.2 Å². The van der Waals surface area contributed by atoms with Gasteiger partial charge < -0.3 is 5.32 Å². The second-order valence-electron chi connectivity index (χ2n) is 6.70. The highest BCUT2D eigenvalue weighted by Crippen LogP contribution is 2.34. The molecule has 0 radical (unpaired) electrons. The van der Waals surface area contributed by atoms with Crippen LogP contribution in [0.15, 0.2) is 0 Å². The predicted octanol–water partition coefficient (Wildman–Crippen LogP) is 2.80. The molecule has 114 valence electrons. The van der Waals surface area contributed by atoms with Crippen LogP contribution in [0.2, 0.25) is 0 Å². The zero-order valence-electron chi connectivity index (χ0n) is 12.9. The molecule has 1 unspecified atom stereocenters. The molecular formula is C14H24N2O2S2. The van der Waals surface area contributed by atoms with Crippen LogP contribution in [0.3, 0.4) is 0 Å². The van der Waals surface area contributed by atoms with E-state index in [4.69, 9.17) is 0 Å². The van der Waals surface area contributed by atoms with Gasteiger partial charge in [-0.3, -0.25) is 0 Å². The molecule has 20 heavy (non-hydrogen) atoms. The molecule has 1 aliphatic rings. The van der Waals surface area contributed by atoms with Gasteiger partial charge in [0.15, 0.2) is 9.84 Å². The van der Waals surface area contributed by atoms with E-state index in [0.29, 0.717) is 11.0 Å². The quantitative estimate of drug-likeness (QED) is 0.907. The topological polar surface area (TPSA) is 59.1 Å². The molecule has 0 saturated heterocycles. The Balaban J connectivity index is 2.30. The number of hydrogen-bond donors (Lipinski definition) is 1. The molecule has 1 aliphatic carbocycles. The molecule has 1 atom stereocenters. The van der Waals surface area contributed by atoms with Gasteiger partial charge in [0.1, 0.15) is 10.3 Å².